The minimum atomic E-state index is 0.687. The lowest BCUT2D eigenvalue weighted by atomic mass is 9.95. The average Bonchev–Trinajstić information content (AvgIpc) is 3.36. The van der Waals surface area contributed by atoms with Gasteiger partial charge in [-0.1, -0.05) is 19.3 Å². The van der Waals surface area contributed by atoms with E-state index in [1.54, 1.807) is 0 Å². The van der Waals surface area contributed by atoms with Crippen molar-refractivity contribution in [2.24, 2.45) is 11.8 Å². The van der Waals surface area contributed by atoms with Crippen LogP contribution in [0.4, 0.5) is 5.95 Å². The highest BCUT2D eigenvalue weighted by molar-refractivity contribution is 5.33. The first-order valence-electron chi connectivity index (χ1n) is 8.63. The molecule has 110 valence electrons. The van der Waals surface area contributed by atoms with Crippen LogP contribution in [0.15, 0.2) is 6.20 Å². The van der Waals surface area contributed by atoms with Gasteiger partial charge in [0.25, 0.3) is 0 Å². The first kappa shape index (κ1) is 12.7. The molecule has 3 saturated carbocycles. The molecule has 3 aliphatic rings. The van der Waals surface area contributed by atoms with Crippen LogP contribution in [0.2, 0.25) is 0 Å². The maximum Gasteiger partial charge on any atom is 0.203 e. The van der Waals surface area contributed by atoms with E-state index in [4.69, 9.17) is 4.98 Å². The summed E-state index contributed by atoms with van der Waals surface area (Å²) in [5.41, 5.74) is 1.17. The molecule has 0 radical (unpaired) electrons. The number of anilines is 1. The molecule has 0 atom stereocenters. The Morgan fingerprint density at radius 3 is 2.30 bits per heavy atom. The Balaban J connectivity index is 1.53. The fraction of sp³-hybridized carbons (Fsp3) is 0.824. The minimum absolute atomic E-state index is 0.687. The SMILES string of the molecule is Cc1cn(C2CCCCC2)c(NC(C2CC2)C2CC2)n1. The Kier molecular flexibility index (Phi) is 3.24. The molecule has 1 aromatic rings. The van der Waals surface area contributed by atoms with Gasteiger partial charge in [0, 0.05) is 18.3 Å². The number of aryl methyl sites for hydroxylation is 1. The number of aromatic nitrogens is 2. The molecule has 0 spiro atoms. The molecular formula is C17H27N3. The Hall–Kier alpha value is -0.990. The molecule has 0 unspecified atom stereocenters. The fourth-order valence-corrected chi connectivity index (χ4v) is 3.94. The number of hydrogen-bond acceptors (Lipinski definition) is 2. The molecule has 20 heavy (non-hydrogen) atoms. The van der Waals surface area contributed by atoms with E-state index >= 15 is 0 Å². The molecule has 0 bridgehead atoms. The van der Waals surface area contributed by atoms with Gasteiger partial charge >= 0.3 is 0 Å². The topological polar surface area (TPSA) is 29.9 Å². The normalized spacial score (nSPS) is 24.3. The van der Waals surface area contributed by atoms with Crippen molar-refractivity contribution >= 4 is 5.95 Å². The molecule has 0 saturated heterocycles. The zero-order valence-corrected chi connectivity index (χ0v) is 12.6. The minimum Gasteiger partial charge on any atom is -0.352 e. The summed E-state index contributed by atoms with van der Waals surface area (Å²) in [6.07, 6.45) is 14.8. The molecule has 0 amide bonds. The highest BCUT2D eigenvalue weighted by Gasteiger charge is 2.42. The van der Waals surface area contributed by atoms with Gasteiger partial charge in [-0.05, 0) is 57.3 Å². The highest BCUT2D eigenvalue weighted by Crippen LogP contribution is 2.46. The summed E-state index contributed by atoms with van der Waals surface area (Å²) in [5.74, 6) is 3.02. The number of nitrogens with one attached hydrogen (secondary N) is 1. The Morgan fingerprint density at radius 1 is 1.05 bits per heavy atom. The second-order valence-electron chi connectivity index (χ2n) is 7.25. The van der Waals surface area contributed by atoms with Gasteiger partial charge in [-0.3, -0.25) is 0 Å². The summed E-state index contributed by atoms with van der Waals surface area (Å²) in [6, 6.07) is 1.39. The van der Waals surface area contributed by atoms with Crippen LogP contribution < -0.4 is 5.32 Å². The van der Waals surface area contributed by atoms with Crippen molar-refractivity contribution in [1.29, 1.82) is 0 Å². The number of hydrogen-bond donors (Lipinski definition) is 1. The van der Waals surface area contributed by atoms with Gasteiger partial charge in [-0.2, -0.15) is 0 Å². The predicted octanol–water partition coefficient (Wildman–Crippen LogP) is 4.30. The van der Waals surface area contributed by atoms with E-state index < -0.39 is 0 Å². The number of nitrogens with zero attached hydrogens (tertiary/aromatic N) is 2. The average molecular weight is 273 g/mol. The molecule has 3 fully saturated rings. The predicted molar refractivity (Wildman–Crippen MR) is 81.9 cm³/mol. The smallest absolute Gasteiger partial charge is 0.203 e. The summed E-state index contributed by atoms with van der Waals surface area (Å²) >= 11 is 0. The molecule has 3 nitrogen and oxygen atoms in total. The lowest BCUT2D eigenvalue weighted by Gasteiger charge is -2.26. The van der Waals surface area contributed by atoms with Gasteiger partial charge in [0.05, 0.1) is 5.69 Å². The summed E-state index contributed by atoms with van der Waals surface area (Å²) < 4.78 is 2.46. The van der Waals surface area contributed by atoms with E-state index in [1.807, 2.05) is 0 Å². The van der Waals surface area contributed by atoms with Crippen LogP contribution in [0.3, 0.4) is 0 Å². The molecule has 1 N–H and O–H groups in total. The van der Waals surface area contributed by atoms with E-state index in [-0.39, 0.29) is 0 Å². The highest BCUT2D eigenvalue weighted by atomic mass is 15.2. The second-order valence-corrected chi connectivity index (χ2v) is 7.25. The third-order valence-corrected chi connectivity index (χ3v) is 5.38. The molecule has 1 heterocycles. The van der Waals surface area contributed by atoms with Crippen molar-refractivity contribution in [3.63, 3.8) is 0 Å². The van der Waals surface area contributed by atoms with Gasteiger partial charge in [0.15, 0.2) is 0 Å². The molecule has 3 heteroatoms. The number of imidazole rings is 1. The van der Waals surface area contributed by atoms with Crippen molar-refractivity contribution in [3.8, 4) is 0 Å². The molecule has 3 aliphatic carbocycles. The van der Waals surface area contributed by atoms with Gasteiger partial charge in [0.1, 0.15) is 0 Å². The van der Waals surface area contributed by atoms with Gasteiger partial charge in [0.2, 0.25) is 5.95 Å². The largest absolute Gasteiger partial charge is 0.352 e. The third-order valence-electron chi connectivity index (χ3n) is 5.38. The molecule has 1 aromatic heterocycles. The summed E-state index contributed by atoms with van der Waals surface area (Å²) in [4.78, 5) is 4.80. The first-order valence-corrected chi connectivity index (χ1v) is 8.63. The van der Waals surface area contributed by atoms with E-state index in [0.717, 1.165) is 11.8 Å². The summed E-state index contributed by atoms with van der Waals surface area (Å²) in [5, 5.41) is 3.84. The van der Waals surface area contributed by atoms with Crippen molar-refractivity contribution in [2.45, 2.75) is 76.8 Å². The summed E-state index contributed by atoms with van der Waals surface area (Å²) in [6.45, 7) is 2.13. The Labute approximate surface area is 122 Å². The van der Waals surface area contributed by atoms with Crippen LogP contribution in [0.1, 0.15) is 69.5 Å². The number of rotatable bonds is 5. The van der Waals surface area contributed by atoms with E-state index in [9.17, 15) is 0 Å². The zero-order chi connectivity index (χ0) is 13.5. The maximum atomic E-state index is 4.80. The summed E-state index contributed by atoms with van der Waals surface area (Å²) in [7, 11) is 0. The van der Waals surface area contributed by atoms with Crippen LogP contribution in [-0.4, -0.2) is 15.6 Å². The Morgan fingerprint density at radius 2 is 1.70 bits per heavy atom. The molecule has 4 rings (SSSR count). The monoisotopic (exact) mass is 273 g/mol. The van der Waals surface area contributed by atoms with E-state index in [1.165, 1.54) is 69.4 Å². The standard InChI is InChI=1S/C17H27N3/c1-12-11-20(15-5-3-2-4-6-15)17(18-12)19-16(13-7-8-13)14-9-10-14/h11,13-16H,2-10H2,1H3,(H,18,19). The van der Waals surface area contributed by atoms with Crippen LogP contribution in [0, 0.1) is 18.8 Å². The van der Waals surface area contributed by atoms with Crippen LogP contribution in [-0.2, 0) is 0 Å². The molecular weight excluding hydrogens is 246 g/mol. The van der Waals surface area contributed by atoms with Crippen molar-refractivity contribution < 1.29 is 0 Å². The zero-order valence-electron chi connectivity index (χ0n) is 12.6. The van der Waals surface area contributed by atoms with Crippen molar-refractivity contribution in [2.75, 3.05) is 5.32 Å². The van der Waals surface area contributed by atoms with Gasteiger partial charge in [-0.15, -0.1) is 0 Å². The van der Waals surface area contributed by atoms with Gasteiger partial charge < -0.3 is 9.88 Å². The van der Waals surface area contributed by atoms with Crippen molar-refractivity contribution in [1.82, 2.24) is 9.55 Å². The lowest BCUT2D eigenvalue weighted by molar-refractivity contribution is 0.354. The molecule has 0 aromatic carbocycles. The quantitative estimate of drug-likeness (QED) is 0.867. The van der Waals surface area contributed by atoms with Crippen LogP contribution in [0.25, 0.3) is 0 Å². The van der Waals surface area contributed by atoms with Crippen molar-refractivity contribution in [3.05, 3.63) is 11.9 Å². The second kappa shape index (κ2) is 5.09. The van der Waals surface area contributed by atoms with E-state index in [2.05, 4.69) is 23.0 Å². The molecule has 0 aliphatic heterocycles. The lowest BCUT2D eigenvalue weighted by Crippen LogP contribution is -2.27. The van der Waals surface area contributed by atoms with Gasteiger partial charge in [-0.25, -0.2) is 4.98 Å². The van der Waals surface area contributed by atoms with Crippen LogP contribution >= 0.6 is 0 Å². The van der Waals surface area contributed by atoms with Crippen LogP contribution in [0.5, 0.6) is 0 Å². The van der Waals surface area contributed by atoms with E-state index in [0.29, 0.717) is 12.1 Å². The maximum absolute atomic E-state index is 4.80. The fourth-order valence-electron chi connectivity index (χ4n) is 3.94. The Bertz CT molecular complexity index is 453. The first-order chi connectivity index (χ1) is 9.81. The third kappa shape index (κ3) is 2.59.